The molecule has 1 aromatic rings. The zero-order valence-corrected chi connectivity index (χ0v) is 15.6. The summed E-state index contributed by atoms with van der Waals surface area (Å²) in [6.07, 6.45) is 5.39. The Labute approximate surface area is 144 Å². The summed E-state index contributed by atoms with van der Waals surface area (Å²) in [6.45, 7) is 11.6. The van der Waals surface area contributed by atoms with Crippen LogP contribution >= 0.6 is 0 Å². The van der Waals surface area contributed by atoms with Crippen molar-refractivity contribution >= 4 is 6.03 Å². The van der Waals surface area contributed by atoms with Gasteiger partial charge in [0, 0.05) is 12.6 Å². The fourth-order valence-corrected chi connectivity index (χ4v) is 5.23. The molecule has 2 fully saturated rings. The number of fused-ring (bicyclic) bond motifs is 2. The molecule has 0 spiro atoms. The second-order valence-electron chi connectivity index (χ2n) is 8.83. The lowest BCUT2D eigenvalue weighted by Gasteiger charge is -2.39. The van der Waals surface area contributed by atoms with Gasteiger partial charge in [0.1, 0.15) is 0 Å². The highest BCUT2D eigenvalue weighted by Gasteiger charge is 2.51. The lowest BCUT2D eigenvalue weighted by molar-refractivity contribution is 0.125. The molecule has 1 aliphatic carbocycles. The normalized spacial score (nSPS) is 28.4. The first-order valence-corrected chi connectivity index (χ1v) is 9.25. The number of likely N-dealkylation sites (tertiary alicyclic amines) is 1. The molecule has 1 aliphatic heterocycles. The van der Waals surface area contributed by atoms with Gasteiger partial charge in [-0.2, -0.15) is 0 Å². The quantitative estimate of drug-likeness (QED) is 0.844. The van der Waals surface area contributed by atoms with Gasteiger partial charge in [0.05, 0.1) is 11.3 Å². The van der Waals surface area contributed by atoms with Crippen LogP contribution in [0, 0.1) is 10.8 Å². The first kappa shape index (κ1) is 17.3. The molecule has 1 amide bonds. The van der Waals surface area contributed by atoms with Crippen molar-refractivity contribution < 1.29 is 9.32 Å². The minimum absolute atomic E-state index is 0.151. The number of hydrogen-bond acceptors (Lipinski definition) is 3. The number of amides is 1. The fourth-order valence-electron chi connectivity index (χ4n) is 5.23. The molecule has 2 bridgehead atoms. The Kier molecular flexibility index (Phi) is 4.17. The third kappa shape index (κ3) is 2.82. The van der Waals surface area contributed by atoms with E-state index in [1.165, 1.54) is 4.74 Å². The summed E-state index contributed by atoms with van der Waals surface area (Å²) < 4.78 is 6.66. The van der Waals surface area contributed by atoms with Gasteiger partial charge in [-0.1, -0.05) is 41.0 Å². The molecule has 5 heteroatoms. The summed E-state index contributed by atoms with van der Waals surface area (Å²) in [5.41, 5.74) is 1.49. The summed E-state index contributed by atoms with van der Waals surface area (Å²) in [5, 5.41) is 0. The summed E-state index contributed by atoms with van der Waals surface area (Å²) in [6, 6.07) is 0.0974. The van der Waals surface area contributed by atoms with Gasteiger partial charge in [0.15, 0.2) is 0 Å². The molecule has 0 N–H and O–H groups in total. The molecule has 2 unspecified atom stereocenters. The Morgan fingerprint density at radius 3 is 2.58 bits per heavy atom. The number of carbonyl (C=O) groups is 1. The van der Waals surface area contributed by atoms with E-state index in [9.17, 15) is 9.59 Å². The van der Waals surface area contributed by atoms with E-state index in [4.69, 9.17) is 4.52 Å². The zero-order valence-electron chi connectivity index (χ0n) is 15.6. The molecule has 2 atom stereocenters. The van der Waals surface area contributed by atoms with E-state index in [-0.39, 0.29) is 28.5 Å². The van der Waals surface area contributed by atoms with Crippen LogP contribution in [0.1, 0.15) is 71.6 Å². The summed E-state index contributed by atoms with van der Waals surface area (Å²) in [4.78, 5) is 27.3. The van der Waals surface area contributed by atoms with Crippen LogP contribution in [0.25, 0.3) is 0 Å². The molecule has 2 heterocycles. The monoisotopic (exact) mass is 334 g/mol. The topological polar surface area (TPSA) is 55.5 Å². The molecule has 1 saturated carbocycles. The number of hydrogen-bond donors (Lipinski definition) is 0. The van der Waals surface area contributed by atoms with Gasteiger partial charge in [0.25, 0.3) is 0 Å². The van der Waals surface area contributed by atoms with Gasteiger partial charge >= 0.3 is 11.7 Å². The van der Waals surface area contributed by atoms with E-state index in [1.807, 2.05) is 11.8 Å². The van der Waals surface area contributed by atoms with Crippen molar-refractivity contribution in [1.82, 2.24) is 9.64 Å². The summed E-state index contributed by atoms with van der Waals surface area (Å²) >= 11 is 0. The number of nitrogens with zero attached hydrogens (tertiary/aromatic N) is 2. The molecular weight excluding hydrogens is 304 g/mol. The standard InChI is InChI=1S/C19H30N2O3/c1-6-8-15-14(7-2)16(22)24-21(15)17(23)20-12-19(5)10-13(20)9-18(3,4)11-19/h13H,6-12H2,1-5H3. The highest BCUT2D eigenvalue weighted by Crippen LogP contribution is 2.52. The summed E-state index contributed by atoms with van der Waals surface area (Å²) in [5.74, 6) is 0. The van der Waals surface area contributed by atoms with Gasteiger partial charge in [-0.25, -0.2) is 9.59 Å². The molecule has 1 saturated heterocycles. The minimum atomic E-state index is -0.358. The molecule has 1 aromatic heterocycles. The molecule has 0 aromatic carbocycles. The molecule has 3 rings (SSSR count). The molecule has 2 aliphatic rings. The van der Waals surface area contributed by atoms with Crippen LogP contribution < -0.4 is 5.63 Å². The Morgan fingerprint density at radius 2 is 1.96 bits per heavy atom. The maximum absolute atomic E-state index is 13.2. The minimum Gasteiger partial charge on any atom is -0.327 e. The van der Waals surface area contributed by atoms with E-state index in [1.54, 1.807) is 0 Å². The lowest BCUT2D eigenvalue weighted by atomic mass is 9.65. The van der Waals surface area contributed by atoms with E-state index in [0.717, 1.165) is 37.9 Å². The van der Waals surface area contributed by atoms with Crippen LogP contribution in [-0.4, -0.2) is 28.3 Å². The first-order valence-electron chi connectivity index (χ1n) is 9.25. The molecule has 5 nitrogen and oxygen atoms in total. The van der Waals surface area contributed by atoms with Crippen LogP contribution in [0.15, 0.2) is 9.32 Å². The Bertz CT molecular complexity index is 700. The van der Waals surface area contributed by atoms with E-state index < -0.39 is 0 Å². The predicted octanol–water partition coefficient (Wildman–Crippen LogP) is 3.82. The maximum Gasteiger partial charge on any atom is 0.361 e. The van der Waals surface area contributed by atoms with Gasteiger partial charge in [0.2, 0.25) is 0 Å². The fraction of sp³-hybridized carbons (Fsp3) is 0.789. The molecule has 134 valence electrons. The molecular formula is C19H30N2O3. The molecule has 0 radical (unpaired) electrons. The van der Waals surface area contributed by atoms with E-state index in [0.29, 0.717) is 18.4 Å². The van der Waals surface area contributed by atoms with Crippen molar-refractivity contribution in [2.24, 2.45) is 10.8 Å². The highest BCUT2D eigenvalue weighted by atomic mass is 16.5. The summed E-state index contributed by atoms with van der Waals surface area (Å²) in [7, 11) is 0. The predicted molar refractivity (Wildman–Crippen MR) is 93.4 cm³/mol. The zero-order chi connectivity index (χ0) is 17.7. The van der Waals surface area contributed by atoms with Crippen molar-refractivity contribution in [3.63, 3.8) is 0 Å². The SMILES string of the molecule is CCCc1c(CC)c(=O)on1C(=O)N1CC2(C)CC1CC(C)(C)C2. The van der Waals surface area contributed by atoms with Crippen LogP contribution in [0.2, 0.25) is 0 Å². The number of carbonyl (C=O) groups excluding carboxylic acids is 1. The third-order valence-corrected chi connectivity index (χ3v) is 5.69. The van der Waals surface area contributed by atoms with Crippen LogP contribution in [0.5, 0.6) is 0 Å². The van der Waals surface area contributed by atoms with Crippen LogP contribution in [0.4, 0.5) is 4.79 Å². The van der Waals surface area contributed by atoms with Crippen molar-refractivity contribution in [3.05, 3.63) is 21.7 Å². The van der Waals surface area contributed by atoms with Gasteiger partial charge < -0.3 is 9.42 Å². The maximum atomic E-state index is 13.2. The third-order valence-electron chi connectivity index (χ3n) is 5.69. The Morgan fingerprint density at radius 1 is 1.25 bits per heavy atom. The van der Waals surface area contributed by atoms with Crippen molar-refractivity contribution in [1.29, 1.82) is 0 Å². The number of rotatable bonds is 3. The van der Waals surface area contributed by atoms with Crippen LogP contribution in [0.3, 0.4) is 0 Å². The lowest BCUT2D eigenvalue weighted by Crippen LogP contribution is -2.40. The first-order chi connectivity index (χ1) is 11.2. The highest BCUT2D eigenvalue weighted by molar-refractivity contribution is 5.77. The Balaban J connectivity index is 1.95. The van der Waals surface area contributed by atoms with Gasteiger partial charge in [-0.05, 0) is 42.9 Å². The smallest absolute Gasteiger partial charge is 0.327 e. The second-order valence-corrected chi connectivity index (χ2v) is 8.83. The molecule has 24 heavy (non-hydrogen) atoms. The second kappa shape index (κ2) is 5.78. The Hall–Kier alpha value is -1.52. The van der Waals surface area contributed by atoms with Crippen LogP contribution in [-0.2, 0) is 12.8 Å². The van der Waals surface area contributed by atoms with E-state index >= 15 is 0 Å². The van der Waals surface area contributed by atoms with Crippen molar-refractivity contribution in [3.8, 4) is 0 Å². The largest absolute Gasteiger partial charge is 0.361 e. The van der Waals surface area contributed by atoms with Gasteiger partial charge in [-0.3, -0.25) is 0 Å². The van der Waals surface area contributed by atoms with Gasteiger partial charge in [-0.15, -0.1) is 4.74 Å². The average Bonchev–Trinajstić information content (AvgIpc) is 2.91. The van der Waals surface area contributed by atoms with Crippen molar-refractivity contribution in [2.75, 3.05) is 6.54 Å². The average molecular weight is 334 g/mol. The van der Waals surface area contributed by atoms with E-state index in [2.05, 4.69) is 27.7 Å². The van der Waals surface area contributed by atoms with Crippen molar-refractivity contribution in [2.45, 2.75) is 79.2 Å². The number of aromatic nitrogens is 1.